The number of fused-ring (bicyclic) bond motifs is 2. The van der Waals surface area contributed by atoms with Crippen LogP contribution in [0.2, 0.25) is 0 Å². The minimum atomic E-state index is -1.84. The zero-order valence-electron chi connectivity index (χ0n) is 41.8. The maximum absolute atomic E-state index is 14.4. The molecule has 0 radical (unpaired) electrons. The van der Waals surface area contributed by atoms with E-state index in [0.717, 1.165) is 12.0 Å². The van der Waals surface area contributed by atoms with Crippen LogP contribution in [0.15, 0.2) is 59.3 Å². The van der Waals surface area contributed by atoms with E-state index in [9.17, 15) is 19.8 Å². The standard InChI is InChI=1S/C52H79NO14/c1-13-28(2)46-31(5)19-20-51(67-46)25-38-22-37(66-51)18-17-30(4)45(29(3)15-14-16-36-27-60-48-44(55)32(6)21-39(49(56)63-38)52(36,48)57)64-42-23-40(58-11)47(34(8)61-42)65-43-24-41(59-12)50(10,35(9)62-43)53-26-33(7)54/h14-17,19-21,28-29,31,34-35,37-48,53,55,57H,13,18,22-27H2,1-12H3/t28?,29?,31-,34-,35-,37+,38-,39-,40-,41-,42-,43-,44+,45-,46+,47-,48+,50-,51+,52+/m0/s1. The lowest BCUT2D eigenvalue weighted by Crippen LogP contribution is -2.66. The summed E-state index contributed by atoms with van der Waals surface area (Å²) in [4.78, 5) is 26.3. The van der Waals surface area contributed by atoms with Crippen LogP contribution in [0.25, 0.3) is 0 Å². The van der Waals surface area contributed by atoms with Gasteiger partial charge in [-0.15, -0.1) is 0 Å². The van der Waals surface area contributed by atoms with Crippen LogP contribution in [0.5, 0.6) is 0 Å². The molecule has 0 amide bonds. The maximum Gasteiger partial charge on any atom is 0.316 e. The van der Waals surface area contributed by atoms with E-state index < -0.39 is 90.2 Å². The molecule has 376 valence electrons. The van der Waals surface area contributed by atoms with Crippen LogP contribution in [0.4, 0.5) is 0 Å². The second kappa shape index (κ2) is 21.4. The smallest absolute Gasteiger partial charge is 0.316 e. The number of aliphatic hydroxyl groups excluding tert-OH is 1. The van der Waals surface area contributed by atoms with Crippen LogP contribution < -0.4 is 5.32 Å². The largest absolute Gasteiger partial charge is 0.462 e. The number of hydrogen-bond donors (Lipinski definition) is 3. The number of hydrogen-bond acceptors (Lipinski definition) is 15. The Morgan fingerprint density at radius 2 is 1.72 bits per heavy atom. The van der Waals surface area contributed by atoms with Crippen LogP contribution in [0, 0.1) is 23.7 Å². The van der Waals surface area contributed by atoms with Gasteiger partial charge in [-0.05, 0) is 76.7 Å². The molecule has 0 saturated carbocycles. The molecule has 6 heterocycles. The Balaban J connectivity index is 1.15. The van der Waals surface area contributed by atoms with Crippen molar-refractivity contribution in [2.75, 3.05) is 27.4 Å². The molecular weight excluding hydrogens is 863 g/mol. The highest BCUT2D eigenvalue weighted by Crippen LogP contribution is 2.47. The molecule has 2 bridgehead atoms. The number of rotatable bonds is 11. The van der Waals surface area contributed by atoms with Gasteiger partial charge in [0.25, 0.3) is 0 Å². The predicted molar refractivity (Wildman–Crippen MR) is 248 cm³/mol. The summed E-state index contributed by atoms with van der Waals surface area (Å²) in [5.74, 6) is -2.57. The van der Waals surface area contributed by atoms with Gasteiger partial charge in [-0.25, -0.2) is 0 Å². The van der Waals surface area contributed by atoms with Crippen LogP contribution in [0.1, 0.15) is 108 Å². The summed E-state index contributed by atoms with van der Waals surface area (Å²) in [6.07, 6.45) is 9.56. The molecular formula is C52H79NO14. The molecule has 3 N–H and O–H groups in total. The maximum atomic E-state index is 14.4. The summed E-state index contributed by atoms with van der Waals surface area (Å²) in [5.41, 5.74) is -0.487. The van der Waals surface area contributed by atoms with Crippen molar-refractivity contribution in [1.82, 2.24) is 5.32 Å². The number of ether oxygens (including phenoxy) is 10. The van der Waals surface area contributed by atoms with E-state index in [1.807, 2.05) is 45.9 Å². The monoisotopic (exact) mass is 942 g/mol. The molecule has 6 aliphatic heterocycles. The van der Waals surface area contributed by atoms with Gasteiger partial charge in [0.15, 0.2) is 18.4 Å². The molecule has 7 rings (SSSR count). The Bertz CT molecular complexity index is 1920. The predicted octanol–water partition coefficient (Wildman–Crippen LogP) is 5.95. The minimum absolute atomic E-state index is 0.0272. The van der Waals surface area contributed by atoms with Crippen LogP contribution in [-0.4, -0.2) is 146 Å². The molecule has 4 saturated heterocycles. The second-order valence-electron chi connectivity index (χ2n) is 20.7. The topological polar surface area (TPSA) is 179 Å². The van der Waals surface area contributed by atoms with Crippen molar-refractivity contribution in [3.63, 3.8) is 0 Å². The van der Waals surface area contributed by atoms with E-state index in [1.165, 1.54) is 0 Å². The molecule has 1 spiro atoms. The summed E-state index contributed by atoms with van der Waals surface area (Å²) < 4.78 is 65.0. The molecule has 67 heavy (non-hydrogen) atoms. The van der Waals surface area contributed by atoms with Crippen molar-refractivity contribution >= 4 is 11.8 Å². The van der Waals surface area contributed by atoms with E-state index in [1.54, 1.807) is 40.2 Å². The molecule has 7 aliphatic rings. The fourth-order valence-electron chi connectivity index (χ4n) is 11.3. The SMILES string of the molecule is CCC(C)[C@H]1O[C@]2(C=C[C@@H]1C)C[C@@H]1C[C@@H](CC=C(C)[C@@H](O[C@H]3C[C@H](OC)[C@@H](O[C@H]4C[C@H](OC)[C@@](C)(NCC(C)=O)[C@H](C)O4)[C@H](C)O3)C(C)C=CC=C3CO[C@@H]4[C@H](O)C(C)=C[C@@H](C(=O)O1)[C@]34O)O2. The average molecular weight is 942 g/mol. The van der Waals surface area contributed by atoms with E-state index >= 15 is 0 Å². The van der Waals surface area contributed by atoms with Gasteiger partial charge in [0.2, 0.25) is 0 Å². The fourth-order valence-corrected chi connectivity index (χ4v) is 11.3. The first-order valence-electron chi connectivity index (χ1n) is 24.7. The summed E-state index contributed by atoms with van der Waals surface area (Å²) in [6, 6.07) is 0. The van der Waals surface area contributed by atoms with Crippen molar-refractivity contribution in [2.45, 2.75) is 204 Å². The van der Waals surface area contributed by atoms with Crippen molar-refractivity contribution < 1.29 is 67.2 Å². The highest BCUT2D eigenvalue weighted by atomic mass is 16.7. The Morgan fingerprint density at radius 3 is 2.42 bits per heavy atom. The molecule has 4 fully saturated rings. The van der Waals surface area contributed by atoms with Gasteiger partial charge in [-0.2, -0.15) is 0 Å². The van der Waals surface area contributed by atoms with Gasteiger partial charge in [-0.1, -0.05) is 70.6 Å². The molecule has 1 aliphatic carbocycles. The third kappa shape index (κ3) is 10.8. The van der Waals surface area contributed by atoms with Crippen molar-refractivity contribution in [2.24, 2.45) is 23.7 Å². The van der Waals surface area contributed by atoms with Gasteiger partial charge < -0.3 is 62.9 Å². The van der Waals surface area contributed by atoms with Crippen LogP contribution >= 0.6 is 0 Å². The van der Waals surface area contributed by atoms with Gasteiger partial charge in [0, 0.05) is 51.7 Å². The fraction of sp³-hybridized carbons (Fsp3) is 0.769. The summed E-state index contributed by atoms with van der Waals surface area (Å²) in [6.45, 7) is 20.0. The third-order valence-corrected chi connectivity index (χ3v) is 15.8. The lowest BCUT2D eigenvalue weighted by molar-refractivity contribution is -0.317. The van der Waals surface area contributed by atoms with Crippen molar-refractivity contribution in [1.29, 1.82) is 0 Å². The number of ketones is 1. The van der Waals surface area contributed by atoms with Gasteiger partial charge in [0.05, 0.1) is 61.4 Å². The first kappa shape index (κ1) is 52.2. The number of carbonyl (C=O) groups is 2. The van der Waals surface area contributed by atoms with E-state index in [0.29, 0.717) is 36.8 Å². The number of esters is 1. The molecule has 0 aromatic rings. The zero-order chi connectivity index (χ0) is 48.6. The number of methoxy groups -OCH3 is 2. The number of carbonyl (C=O) groups excluding carboxylic acids is 2. The first-order valence-corrected chi connectivity index (χ1v) is 24.7. The van der Waals surface area contributed by atoms with Gasteiger partial charge in [0.1, 0.15) is 41.7 Å². The quantitative estimate of drug-likeness (QED) is 0.163. The molecule has 0 aromatic heterocycles. The summed E-state index contributed by atoms with van der Waals surface area (Å²) in [5, 5.41) is 27.2. The Morgan fingerprint density at radius 1 is 0.970 bits per heavy atom. The second-order valence-corrected chi connectivity index (χ2v) is 20.7. The Labute approximate surface area is 397 Å². The van der Waals surface area contributed by atoms with E-state index in [4.69, 9.17) is 47.4 Å². The third-order valence-electron chi connectivity index (χ3n) is 15.8. The Kier molecular flexibility index (Phi) is 16.7. The molecule has 15 nitrogen and oxygen atoms in total. The molecule has 20 atom stereocenters. The van der Waals surface area contributed by atoms with Crippen LogP contribution in [0.3, 0.4) is 0 Å². The summed E-state index contributed by atoms with van der Waals surface area (Å²) >= 11 is 0. The van der Waals surface area contributed by atoms with E-state index in [-0.39, 0.29) is 61.4 Å². The molecule has 15 heteroatoms. The lowest BCUT2D eigenvalue weighted by Gasteiger charge is -2.49. The average Bonchev–Trinajstić information content (AvgIpc) is 3.63. The highest BCUT2D eigenvalue weighted by molar-refractivity contribution is 5.79. The van der Waals surface area contributed by atoms with E-state index in [2.05, 4.69) is 45.2 Å². The number of nitrogens with one attached hydrogen (secondary N) is 1. The van der Waals surface area contributed by atoms with Gasteiger partial charge >= 0.3 is 5.97 Å². The van der Waals surface area contributed by atoms with Crippen molar-refractivity contribution in [3.05, 3.63) is 59.3 Å². The van der Waals surface area contributed by atoms with Gasteiger partial charge in [-0.3, -0.25) is 9.59 Å². The van der Waals surface area contributed by atoms with Crippen molar-refractivity contribution in [3.8, 4) is 0 Å². The minimum Gasteiger partial charge on any atom is -0.462 e. The highest BCUT2D eigenvalue weighted by Gasteiger charge is 2.60. The summed E-state index contributed by atoms with van der Waals surface area (Å²) in [7, 11) is 3.32. The Hall–Kier alpha value is -2.64. The number of Topliss-reactive ketones (excluding diaryl/α,β-unsaturated/α-hetero) is 1. The number of aliphatic hydroxyl groups is 2. The number of allylic oxidation sites excluding steroid dienone is 2. The lowest BCUT2D eigenvalue weighted by atomic mass is 9.71. The van der Waals surface area contributed by atoms with Crippen LogP contribution in [-0.2, 0) is 57.0 Å². The normalized spacial score (nSPS) is 45.4. The molecule has 0 aromatic carbocycles. The molecule has 2 unspecified atom stereocenters. The first-order chi connectivity index (χ1) is 31.7. The zero-order valence-corrected chi connectivity index (χ0v) is 41.8.